The standard InChI is InChI=1S/C47H93NO7/c1-3-5-7-9-11-13-15-17-19-20-21-22-23-25-26-28-30-32-34-36-38-43(51)46(54)42(40-49)48(45(53)41-50)47(55)44(52)39-37-35-33-31-29-27-24-18-16-14-12-10-8-6-4-2/h9,11,42-46,49-54H,3-8,10,12-41H2,1-2H3. The van der Waals surface area contributed by atoms with E-state index >= 15 is 0 Å². The van der Waals surface area contributed by atoms with E-state index < -0.39 is 49.7 Å². The lowest BCUT2D eigenvalue weighted by Crippen LogP contribution is -2.59. The van der Waals surface area contributed by atoms with E-state index in [1.807, 2.05) is 0 Å². The highest BCUT2D eigenvalue weighted by atomic mass is 16.4. The fourth-order valence-electron chi connectivity index (χ4n) is 7.71. The van der Waals surface area contributed by atoms with Crippen LogP contribution in [0.1, 0.15) is 239 Å². The number of carbonyl (C=O) groups excluding carboxylic acids is 1. The second-order valence-electron chi connectivity index (χ2n) is 16.6. The van der Waals surface area contributed by atoms with Gasteiger partial charge in [-0.25, -0.2) is 0 Å². The van der Waals surface area contributed by atoms with Crippen LogP contribution in [0.2, 0.25) is 0 Å². The quantitative estimate of drug-likeness (QED) is 0.0205. The third kappa shape index (κ3) is 31.6. The zero-order valence-electron chi connectivity index (χ0n) is 36.2. The van der Waals surface area contributed by atoms with Gasteiger partial charge in [-0.1, -0.05) is 219 Å². The van der Waals surface area contributed by atoms with Gasteiger partial charge in [-0.05, 0) is 32.1 Å². The smallest absolute Gasteiger partial charge is 0.253 e. The molecule has 0 saturated carbocycles. The molecule has 5 unspecified atom stereocenters. The summed E-state index contributed by atoms with van der Waals surface area (Å²) in [6.45, 7) is 2.96. The Bertz CT molecular complexity index is 827. The van der Waals surface area contributed by atoms with E-state index in [-0.39, 0.29) is 6.42 Å². The summed E-state index contributed by atoms with van der Waals surface area (Å²) in [4.78, 5) is 14.0. The number of allylic oxidation sites excluding steroid dienone is 2. The molecular formula is C47H93NO7. The normalized spacial score (nSPS) is 14.7. The molecule has 8 nitrogen and oxygen atoms in total. The van der Waals surface area contributed by atoms with E-state index in [0.29, 0.717) is 19.3 Å². The monoisotopic (exact) mass is 784 g/mol. The Morgan fingerprint density at radius 2 is 0.800 bits per heavy atom. The number of carbonyl (C=O) groups is 1. The van der Waals surface area contributed by atoms with Crippen molar-refractivity contribution in [2.24, 2.45) is 0 Å². The molecule has 0 rings (SSSR count). The number of unbranched alkanes of at least 4 members (excludes halogenated alkanes) is 30. The van der Waals surface area contributed by atoms with Gasteiger partial charge in [0.1, 0.15) is 12.2 Å². The van der Waals surface area contributed by atoms with E-state index in [0.717, 1.165) is 43.4 Å². The summed E-state index contributed by atoms with van der Waals surface area (Å²) in [5, 5.41) is 62.5. The van der Waals surface area contributed by atoms with Crippen molar-refractivity contribution in [1.82, 2.24) is 4.90 Å². The van der Waals surface area contributed by atoms with Crippen LogP contribution in [0.25, 0.3) is 0 Å². The molecule has 328 valence electrons. The maximum atomic E-state index is 13.2. The fraction of sp³-hybridized carbons (Fsp3) is 0.936. The average Bonchev–Trinajstić information content (AvgIpc) is 3.19. The summed E-state index contributed by atoms with van der Waals surface area (Å²) in [5.41, 5.74) is 0. The SMILES string of the molecule is CCCCC=CCCCCCCCCCCCCCCCCC(O)C(O)C(CO)N(C(=O)C(O)CCCCCCCCCCCCCCCCC)C(O)CO. The van der Waals surface area contributed by atoms with Gasteiger partial charge in [0.15, 0.2) is 6.23 Å². The largest absolute Gasteiger partial charge is 0.394 e. The van der Waals surface area contributed by atoms with Gasteiger partial charge < -0.3 is 35.5 Å². The minimum atomic E-state index is -1.71. The van der Waals surface area contributed by atoms with E-state index in [4.69, 9.17) is 0 Å². The molecule has 0 fully saturated rings. The van der Waals surface area contributed by atoms with Gasteiger partial charge in [-0.3, -0.25) is 4.79 Å². The van der Waals surface area contributed by atoms with Gasteiger partial charge in [-0.15, -0.1) is 0 Å². The molecule has 0 aromatic heterocycles. The van der Waals surface area contributed by atoms with Crippen molar-refractivity contribution in [3.05, 3.63) is 12.2 Å². The molecule has 55 heavy (non-hydrogen) atoms. The minimum absolute atomic E-state index is 0.195. The summed E-state index contributed by atoms with van der Waals surface area (Å²) in [7, 11) is 0. The number of hydrogen-bond donors (Lipinski definition) is 6. The van der Waals surface area contributed by atoms with E-state index in [9.17, 15) is 35.4 Å². The second kappa shape index (κ2) is 41.1. The van der Waals surface area contributed by atoms with Crippen molar-refractivity contribution >= 4 is 5.91 Å². The molecule has 0 radical (unpaired) electrons. The average molecular weight is 784 g/mol. The van der Waals surface area contributed by atoms with Crippen LogP contribution in [-0.4, -0.2) is 85.2 Å². The van der Waals surface area contributed by atoms with Crippen LogP contribution in [0.15, 0.2) is 12.2 Å². The van der Waals surface area contributed by atoms with Crippen LogP contribution >= 0.6 is 0 Å². The molecule has 0 heterocycles. The Labute approximate surface area is 340 Å². The van der Waals surface area contributed by atoms with Crippen molar-refractivity contribution < 1.29 is 35.4 Å². The molecule has 0 aliphatic carbocycles. The first-order valence-electron chi connectivity index (χ1n) is 23.8. The molecule has 1 amide bonds. The Hall–Kier alpha value is -1.03. The topological polar surface area (TPSA) is 142 Å². The number of rotatable bonds is 43. The van der Waals surface area contributed by atoms with Crippen molar-refractivity contribution in [2.75, 3.05) is 13.2 Å². The Kier molecular flexibility index (Phi) is 40.4. The molecule has 0 aliphatic rings. The Balaban J connectivity index is 4.13. The van der Waals surface area contributed by atoms with Crippen LogP contribution < -0.4 is 0 Å². The van der Waals surface area contributed by atoms with Gasteiger partial charge in [0.05, 0.1) is 25.4 Å². The Morgan fingerprint density at radius 3 is 1.18 bits per heavy atom. The minimum Gasteiger partial charge on any atom is -0.394 e. The number of amides is 1. The first kappa shape index (κ1) is 54.0. The first-order valence-corrected chi connectivity index (χ1v) is 23.8. The highest BCUT2D eigenvalue weighted by Gasteiger charge is 2.38. The van der Waals surface area contributed by atoms with Crippen molar-refractivity contribution in [3.8, 4) is 0 Å². The third-order valence-electron chi connectivity index (χ3n) is 11.4. The number of hydrogen-bond acceptors (Lipinski definition) is 7. The van der Waals surface area contributed by atoms with E-state index in [1.54, 1.807) is 0 Å². The summed E-state index contributed by atoms with van der Waals surface area (Å²) >= 11 is 0. The summed E-state index contributed by atoms with van der Waals surface area (Å²) in [6.07, 6.45) is 39.6. The predicted molar refractivity (Wildman–Crippen MR) is 231 cm³/mol. The molecule has 0 bridgehead atoms. The highest BCUT2D eigenvalue weighted by Crippen LogP contribution is 2.20. The lowest BCUT2D eigenvalue weighted by atomic mass is 9.97. The van der Waals surface area contributed by atoms with Gasteiger partial charge >= 0.3 is 0 Å². The maximum absolute atomic E-state index is 13.2. The summed E-state index contributed by atoms with van der Waals surface area (Å²) in [5.74, 6) is -0.853. The molecule has 8 heteroatoms. The molecule has 0 saturated heterocycles. The predicted octanol–water partition coefficient (Wildman–Crippen LogP) is 10.8. The van der Waals surface area contributed by atoms with Crippen molar-refractivity contribution in [3.63, 3.8) is 0 Å². The van der Waals surface area contributed by atoms with Crippen LogP contribution in [-0.2, 0) is 4.79 Å². The van der Waals surface area contributed by atoms with Crippen LogP contribution in [0, 0.1) is 0 Å². The number of nitrogens with zero attached hydrogens (tertiary/aromatic N) is 1. The molecule has 0 aliphatic heterocycles. The molecule has 0 spiro atoms. The first-order chi connectivity index (χ1) is 26.8. The second-order valence-corrected chi connectivity index (χ2v) is 16.6. The lowest BCUT2D eigenvalue weighted by molar-refractivity contribution is -0.171. The number of aliphatic hydroxyl groups excluding tert-OH is 6. The summed E-state index contributed by atoms with van der Waals surface area (Å²) in [6, 6.07) is -1.34. The lowest BCUT2D eigenvalue weighted by Gasteiger charge is -2.38. The summed E-state index contributed by atoms with van der Waals surface area (Å²) < 4.78 is 0. The maximum Gasteiger partial charge on any atom is 0.253 e. The molecular weight excluding hydrogens is 691 g/mol. The van der Waals surface area contributed by atoms with Gasteiger partial charge in [0.25, 0.3) is 5.91 Å². The van der Waals surface area contributed by atoms with E-state index in [1.165, 1.54) is 161 Å². The number of aliphatic hydroxyl groups is 6. The highest BCUT2D eigenvalue weighted by molar-refractivity contribution is 5.81. The molecule has 0 aromatic rings. The van der Waals surface area contributed by atoms with Crippen LogP contribution in [0.3, 0.4) is 0 Å². The molecule has 6 N–H and O–H groups in total. The van der Waals surface area contributed by atoms with E-state index in [2.05, 4.69) is 26.0 Å². The zero-order chi connectivity index (χ0) is 40.6. The van der Waals surface area contributed by atoms with Crippen molar-refractivity contribution in [1.29, 1.82) is 0 Å². The van der Waals surface area contributed by atoms with Gasteiger partial charge in [0.2, 0.25) is 0 Å². The fourth-order valence-corrected chi connectivity index (χ4v) is 7.71. The molecule has 5 atom stereocenters. The van der Waals surface area contributed by atoms with Crippen LogP contribution in [0.4, 0.5) is 0 Å². The third-order valence-corrected chi connectivity index (χ3v) is 11.4. The van der Waals surface area contributed by atoms with Crippen molar-refractivity contribution in [2.45, 2.75) is 269 Å². The van der Waals surface area contributed by atoms with Crippen LogP contribution in [0.5, 0.6) is 0 Å². The Morgan fingerprint density at radius 1 is 0.455 bits per heavy atom. The zero-order valence-corrected chi connectivity index (χ0v) is 36.2. The molecule has 0 aromatic carbocycles. The van der Waals surface area contributed by atoms with Gasteiger partial charge in [0, 0.05) is 0 Å². The van der Waals surface area contributed by atoms with Gasteiger partial charge in [-0.2, -0.15) is 0 Å².